The van der Waals surface area contributed by atoms with Gasteiger partial charge in [0, 0.05) is 24.2 Å². The normalized spacial score (nSPS) is 14.1. The number of rotatable bonds is 4. The second kappa shape index (κ2) is 6.93. The molecule has 1 fully saturated rings. The highest BCUT2D eigenvalue weighted by Crippen LogP contribution is 2.21. The summed E-state index contributed by atoms with van der Waals surface area (Å²) >= 11 is 0. The number of allylic oxidation sites excluding steroid dienone is 1. The molecule has 118 valence electrons. The maximum atomic E-state index is 12.2. The lowest BCUT2D eigenvalue weighted by Crippen LogP contribution is -2.23. The molecule has 0 saturated carbocycles. The van der Waals surface area contributed by atoms with Crippen molar-refractivity contribution in [1.29, 1.82) is 5.26 Å². The Labute approximate surface area is 140 Å². The van der Waals surface area contributed by atoms with E-state index < -0.39 is 0 Å². The molecule has 0 atom stereocenters. The Morgan fingerprint density at radius 1 is 1.08 bits per heavy atom. The first kappa shape index (κ1) is 15.7. The van der Waals surface area contributed by atoms with Gasteiger partial charge in [-0.1, -0.05) is 18.2 Å². The van der Waals surface area contributed by atoms with E-state index in [9.17, 15) is 9.59 Å². The molecule has 1 aliphatic heterocycles. The van der Waals surface area contributed by atoms with Crippen molar-refractivity contribution >= 4 is 23.5 Å². The lowest BCUT2D eigenvalue weighted by molar-refractivity contribution is -0.117. The summed E-state index contributed by atoms with van der Waals surface area (Å²) in [5, 5.41) is 8.77. The number of benzene rings is 2. The predicted molar refractivity (Wildman–Crippen MR) is 92.6 cm³/mol. The fourth-order valence-corrected chi connectivity index (χ4v) is 2.66. The van der Waals surface area contributed by atoms with Gasteiger partial charge < -0.3 is 4.90 Å². The van der Waals surface area contributed by atoms with Crippen LogP contribution in [0.25, 0.3) is 6.08 Å². The van der Waals surface area contributed by atoms with Crippen molar-refractivity contribution in [3.05, 3.63) is 71.3 Å². The van der Waals surface area contributed by atoms with Gasteiger partial charge in [-0.25, -0.2) is 0 Å². The maximum Gasteiger partial charge on any atom is 0.227 e. The van der Waals surface area contributed by atoms with E-state index in [-0.39, 0.29) is 11.7 Å². The molecular formula is C20H16N2O2. The van der Waals surface area contributed by atoms with E-state index in [4.69, 9.17) is 5.26 Å². The Kier molecular flexibility index (Phi) is 4.53. The Morgan fingerprint density at radius 3 is 2.38 bits per heavy atom. The average molecular weight is 316 g/mol. The molecule has 0 spiro atoms. The van der Waals surface area contributed by atoms with E-state index in [0.29, 0.717) is 17.5 Å². The van der Waals surface area contributed by atoms with Crippen LogP contribution in [0.1, 0.15) is 34.3 Å². The molecule has 4 heteroatoms. The summed E-state index contributed by atoms with van der Waals surface area (Å²) in [6.07, 6.45) is 4.71. The summed E-state index contributed by atoms with van der Waals surface area (Å²) in [6.45, 7) is 0.741. The van der Waals surface area contributed by atoms with Crippen molar-refractivity contribution in [2.75, 3.05) is 11.4 Å². The standard InChI is InChI=1S/C20H16N2O2/c21-14-16-5-3-15(4-6-16)7-12-19(23)17-8-10-18(11-9-17)22-13-1-2-20(22)24/h3-12H,1-2,13H2/b12-7+. The quantitative estimate of drug-likeness (QED) is 0.640. The maximum absolute atomic E-state index is 12.2. The van der Waals surface area contributed by atoms with Crippen molar-refractivity contribution in [3.63, 3.8) is 0 Å². The van der Waals surface area contributed by atoms with Crippen LogP contribution in [0, 0.1) is 11.3 Å². The molecule has 4 nitrogen and oxygen atoms in total. The first-order chi connectivity index (χ1) is 11.7. The third kappa shape index (κ3) is 3.41. The average Bonchev–Trinajstić information content (AvgIpc) is 3.06. The van der Waals surface area contributed by atoms with Gasteiger partial charge >= 0.3 is 0 Å². The highest BCUT2D eigenvalue weighted by atomic mass is 16.2. The Morgan fingerprint density at radius 2 is 1.79 bits per heavy atom. The van der Waals surface area contributed by atoms with Gasteiger partial charge in [-0.3, -0.25) is 9.59 Å². The minimum Gasteiger partial charge on any atom is -0.312 e. The van der Waals surface area contributed by atoms with E-state index >= 15 is 0 Å². The fourth-order valence-electron chi connectivity index (χ4n) is 2.66. The van der Waals surface area contributed by atoms with Gasteiger partial charge in [0.15, 0.2) is 5.78 Å². The van der Waals surface area contributed by atoms with Gasteiger partial charge in [0.2, 0.25) is 5.91 Å². The van der Waals surface area contributed by atoms with Crippen LogP contribution in [-0.4, -0.2) is 18.2 Å². The lowest BCUT2D eigenvalue weighted by Gasteiger charge is -2.15. The smallest absolute Gasteiger partial charge is 0.227 e. The van der Waals surface area contributed by atoms with E-state index in [2.05, 4.69) is 6.07 Å². The molecule has 2 aromatic rings. The van der Waals surface area contributed by atoms with E-state index in [1.54, 1.807) is 47.4 Å². The van der Waals surface area contributed by atoms with Crippen LogP contribution in [0.3, 0.4) is 0 Å². The zero-order chi connectivity index (χ0) is 16.9. The first-order valence-electron chi connectivity index (χ1n) is 7.80. The van der Waals surface area contributed by atoms with Crippen LogP contribution in [0.5, 0.6) is 0 Å². The van der Waals surface area contributed by atoms with Crippen molar-refractivity contribution in [2.24, 2.45) is 0 Å². The molecule has 0 aromatic heterocycles. The van der Waals surface area contributed by atoms with Gasteiger partial charge in [-0.2, -0.15) is 5.26 Å². The molecule has 3 rings (SSSR count). The number of nitriles is 1. The molecule has 2 aromatic carbocycles. The molecule has 0 radical (unpaired) electrons. The summed E-state index contributed by atoms with van der Waals surface area (Å²) in [6, 6.07) is 16.2. The number of hydrogen-bond donors (Lipinski definition) is 0. The minimum absolute atomic E-state index is 0.0985. The summed E-state index contributed by atoms with van der Waals surface area (Å²) in [5.41, 5.74) is 2.87. The fraction of sp³-hybridized carbons (Fsp3) is 0.150. The largest absolute Gasteiger partial charge is 0.312 e. The molecular weight excluding hydrogens is 300 g/mol. The highest BCUT2D eigenvalue weighted by Gasteiger charge is 2.21. The molecule has 1 saturated heterocycles. The van der Waals surface area contributed by atoms with Crippen molar-refractivity contribution in [1.82, 2.24) is 0 Å². The number of hydrogen-bond acceptors (Lipinski definition) is 3. The molecule has 24 heavy (non-hydrogen) atoms. The topological polar surface area (TPSA) is 61.2 Å². The number of nitrogens with zero attached hydrogens (tertiary/aromatic N) is 2. The molecule has 0 bridgehead atoms. The molecule has 0 unspecified atom stereocenters. The van der Waals surface area contributed by atoms with E-state index in [1.807, 2.05) is 12.1 Å². The molecule has 0 aliphatic carbocycles. The van der Waals surface area contributed by atoms with Gasteiger partial charge in [-0.05, 0) is 54.5 Å². The summed E-state index contributed by atoms with van der Waals surface area (Å²) in [5.74, 6) is 0.0356. The Balaban J connectivity index is 1.69. The van der Waals surface area contributed by atoms with Crippen LogP contribution in [0.4, 0.5) is 5.69 Å². The lowest BCUT2D eigenvalue weighted by atomic mass is 10.1. The van der Waals surface area contributed by atoms with Crippen molar-refractivity contribution in [2.45, 2.75) is 12.8 Å². The van der Waals surface area contributed by atoms with Crippen LogP contribution in [-0.2, 0) is 4.79 Å². The Bertz CT molecular complexity index is 827. The number of carbonyl (C=O) groups is 2. The van der Waals surface area contributed by atoms with E-state index in [1.165, 1.54) is 6.08 Å². The monoisotopic (exact) mass is 316 g/mol. The van der Waals surface area contributed by atoms with Gasteiger partial charge in [0.1, 0.15) is 0 Å². The summed E-state index contributed by atoms with van der Waals surface area (Å²) in [4.78, 5) is 25.7. The third-order valence-electron chi connectivity index (χ3n) is 4.00. The second-order valence-electron chi connectivity index (χ2n) is 5.63. The zero-order valence-corrected chi connectivity index (χ0v) is 13.1. The number of anilines is 1. The summed E-state index contributed by atoms with van der Waals surface area (Å²) in [7, 11) is 0. The minimum atomic E-state index is -0.0985. The van der Waals surface area contributed by atoms with Gasteiger partial charge in [0.25, 0.3) is 0 Å². The zero-order valence-electron chi connectivity index (χ0n) is 13.1. The van der Waals surface area contributed by atoms with Crippen LogP contribution < -0.4 is 4.90 Å². The number of carbonyl (C=O) groups excluding carboxylic acids is 2. The van der Waals surface area contributed by atoms with Crippen LogP contribution in [0.15, 0.2) is 54.6 Å². The SMILES string of the molecule is N#Cc1ccc(/C=C/C(=O)c2ccc(N3CCCC3=O)cc2)cc1. The predicted octanol–water partition coefficient (Wildman–Crippen LogP) is 3.58. The molecule has 0 N–H and O–H groups in total. The second-order valence-corrected chi connectivity index (χ2v) is 5.63. The van der Waals surface area contributed by atoms with Gasteiger partial charge in [-0.15, -0.1) is 0 Å². The molecule has 1 heterocycles. The third-order valence-corrected chi connectivity index (χ3v) is 4.00. The highest BCUT2D eigenvalue weighted by molar-refractivity contribution is 6.07. The van der Waals surface area contributed by atoms with E-state index in [0.717, 1.165) is 24.2 Å². The number of ketones is 1. The summed E-state index contributed by atoms with van der Waals surface area (Å²) < 4.78 is 0. The van der Waals surface area contributed by atoms with Crippen molar-refractivity contribution < 1.29 is 9.59 Å². The van der Waals surface area contributed by atoms with Crippen LogP contribution in [0.2, 0.25) is 0 Å². The molecule has 1 aliphatic rings. The first-order valence-corrected chi connectivity index (χ1v) is 7.80. The van der Waals surface area contributed by atoms with Crippen LogP contribution >= 0.6 is 0 Å². The Hall–Kier alpha value is -3.19. The number of amides is 1. The molecule has 1 amide bonds. The van der Waals surface area contributed by atoms with Gasteiger partial charge in [0.05, 0.1) is 11.6 Å². The van der Waals surface area contributed by atoms with Crippen molar-refractivity contribution in [3.8, 4) is 6.07 Å².